The minimum atomic E-state index is 0.401. The Morgan fingerprint density at radius 1 is 1.30 bits per heavy atom. The highest BCUT2D eigenvalue weighted by Gasteiger charge is 2.27. The van der Waals surface area contributed by atoms with Gasteiger partial charge in [-0.3, -0.25) is 0 Å². The molecular weight excluding hydrogens is 292 g/mol. The first kappa shape index (κ1) is 13.6. The van der Waals surface area contributed by atoms with Crippen LogP contribution in [-0.4, -0.2) is 20.3 Å². The van der Waals surface area contributed by atoms with E-state index in [4.69, 9.17) is 10.4 Å². The standard InChI is InChI=1S/C16H14N6O/c1-8-12(14(18)15-16(19-8)22-23-21-15)6-10-4-5-11(9-2-3-9)13(7-17)20-10/h4-5,9H,2-3,6,18H2,1H3. The van der Waals surface area contributed by atoms with Crippen LogP contribution in [0.3, 0.4) is 0 Å². The first-order valence-electron chi connectivity index (χ1n) is 7.44. The Balaban J connectivity index is 1.74. The Kier molecular flexibility index (Phi) is 2.98. The summed E-state index contributed by atoms with van der Waals surface area (Å²) in [5.74, 6) is 0.497. The second-order valence-electron chi connectivity index (χ2n) is 5.83. The van der Waals surface area contributed by atoms with Gasteiger partial charge < -0.3 is 5.73 Å². The molecule has 0 atom stereocenters. The van der Waals surface area contributed by atoms with Crippen LogP contribution in [0.25, 0.3) is 11.2 Å². The predicted octanol–water partition coefficient (Wildman–Crippen LogP) is 2.24. The molecule has 0 aliphatic heterocycles. The highest BCUT2D eigenvalue weighted by molar-refractivity contribution is 5.85. The van der Waals surface area contributed by atoms with Gasteiger partial charge in [0.25, 0.3) is 0 Å². The van der Waals surface area contributed by atoms with Gasteiger partial charge in [0, 0.05) is 23.4 Å². The van der Waals surface area contributed by atoms with Crippen molar-refractivity contribution in [2.24, 2.45) is 0 Å². The largest absolute Gasteiger partial charge is 0.396 e. The van der Waals surface area contributed by atoms with Gasteiger partial charge in [-0.1, -0.05) is 6.07 Å². The summed E-state index contributed by atoms with van der Waals surface area (Å²) in [6.45, 7) is 1.86. The van der Waals surface area contributed by atoms with E-state index >= 15 is 0 Å². The predicted molar refractivity (Wildman–Crippen MR) is 82.5 cm³/mol. The van der Waals surface area contributed by atoms with Gasteiger partial charge in [-0.25, -0.2) is 14.6 Å². The molecule has 3 heterocycles. The van der Waals surface area contributed by atoms with Gasteiger partial charge in [0.1, 0.15) is 11.8 Å². The number of aromatic nitrogens is 4. The molecule has 0 amide bonds. The molecule has 0 bridgehead atoms. The maximum Gasteiger partial charge on any atom is 0.226 e. The number of anilines is 1. The summed E-state index contributed by atoms with van der Waals surface area (Å²) in [5.41, 5.74) is 11.5. The second kappa shape index (κ2) is 5.02. The Morgan fingerprint density at radius 3 is 2.87 bits per heavy atom. The summed E-state index contributed by atoms with van der Waals surface area (Å²) in [6, 6.07) is 6.17. The fourth-order valence-electron chi connectivity index (χ4n) is 2.82. The molecule has 3 aromatic rings. The van der Waals surface area contributed by atoms with Crippen molar-refractivity contribution < 1.29 is 4.63 Å². The molecule has 1 aliphatic carbocycles. The first-order valence-corrected chi connectivity index (χ1v) is 7.44. The van der Waals surface area contributed by atoms with Gasteiger partial charge in [0.15, 0.2) is 5.52 Å². The summed E-state index contributed by atoms with van der Waals surface area (Å²) in [7, 11) is 0. The van der Waals surface area contributed by atoms with Crippen molar-refractivity contribution in [2.75, 3.05) is 5.73 Å². The van der Waals surface area contributed by atoms with Gasteiger partial charge in [-0.05, 0) is 47.6 Å². The van der Waals surface area contributed by atoms with Crippen molar-refractivity contribution in [3.63, 3.8) is 0 Å². The number of nitriles is 1. The van der Waals surface area contributed by atoms with E-state index < -0.39 is 0 Å². The molecule has 1 aliphatic rings. The highest BCUT2D eigenvalue weighted by Crippen LogP contribution is 2.41. The molecule has 2 N–H and O–H groups in total. The average molecular weight is 306 g/mol. The molecule has 7 nitrogen and oxygen atoms in total. The van der Waals surface area contributed by atoms with E-state index in [1.54, 1.807) is 0 Å². The second-order valence-corrected chi connectivity index (χ2v) is 5.83. The van der Waals surface area contributed by atoms with Gasteiger partial charge in [0.2, 0.25) is 5.65 Å². The molecule has 1 saturated carbocycles. The third kappa shape index (κ3) is 2.28. The van der Waals surface area contributed by atoms with Crippen molar-refractivity contribution >= 4 is 16.9 Å². The number of fused-ring (bicyclic) bond motifs is 1. The lowest BCUT2D eigenvalue weighted by Crippen LogP contribution is -2.05. The lowest BCUT2D eigenvalue weighted by molar-refractivity contribution is 0.315. The van der Waals surface area contributed by atoms with E-state index in [1.807, 2.05) is 19.1 Å². The van der Waals surface area contributed by atoms with E-state index in [1.165, 1.54) is 0 Å². The maximum atomic E-state index is 9.33. The van der Waals surface area contributed by atoms with Crippen molar-refractivity contribution in [2.45, 2.75) is 32.1 Å². The molecule has 114 valence electrons. The molecular formula is C16H14N6O. The van der Waals surface area contributed by atoms with Crippen LogP contribution in [-0.2, 0) is 6.42 Å². The minimum Gasteiger partial charge on any atom is -0.396 e. The summed E-state index contributed by atoms with van der Waals surface area (Å²) in [4.78, 5) is 8.84. The number of aryl methyl sites for hydroxylation is 1. The number of hydrogen-bond acceptors (Lipinski definition) is 7. The van der Waals surface area contributed by atoms with E-state index in [-0.39, 0.29) is 0 Å². The highest BCUT2D eigenvalue weighted by atomic mass is 16.6. The SMILES string of the molecule is Cc1nc2nonc2c(N)c1Cc1ccc(C2CC2)c(C#N)n1. The molecule has 0 aromatic carbocycles. The van der Waals surface area contributed by atoms with Crippen LogP contribution in [0.4, 0.5) is 5.69 Å². The number of nitrogens with two attached hydrogens (primary N) is 1. The van der Waals surface area contributed by atoms with E-state index in [0.717, 1.165) is 35.4 Å². The monoisotopic (exact) mass is 306 g/mol. The van der Waals surface area contributed by atoms with Crippen LogP contribution in [0.2, 0.25) is 0 Å². The van der Waals surface area contributed by atoms with Crippen molar-refractivity contribution in [1.29, 1.82) is 5.26 Å². The molecule has 4 rings (SSSR count). The molecule has 0 radical (unpaired) electrons. The van der Waals surface area contributed by atoms with Crippen LogP contribution in [0.15, 0.2) is 16.8 Å². The molecule has 1 fully saturated rings. The van der Waals surface area contributed by atoms with Gasteiger partial charge in [-0.15, -0.1) is 0 Å². The number of hydrogen-bond donors (Lipinski definition) is 1. The third-order valence-corrected chi connectivity index (χ3v) is 4.23. The lowest BCUT2D eigenvalue weighted by Gasteiger charge is -2.09. The maximum absolute atomic E-state index is 9.33. The van der Waals surface area contributed by atoms with Gasteiger partial charge >= 0.3 is 0 Å². The zero-order valence-electron chi connectivity index (χ0n) is 12.6. The summed E-state index contributed by atoms with van der Waals surface area (Å²) in [6.07, 6.45) is 2.77. The summed E-state index contributed by atoms with van der Waals surface area (Å²) < 4.78 is 4.69. The Bertz CT molecular complexity index is 951. The normalized spacial score (nSPS) is 14.1. The van der Waals surface area contributed by atoms with Gasteiger partial charge in [-0.2, -0.15) is 5.26 Å². The third-order valence-electron chi connectivity index (χ3n) is 4.23. The molecule has 23 heavy (non-hydrogen) atoms. The Morgan fingerprint density at radius 2 is 2.13 bits per heavy atom. The molecule has 7 heteroatoms. The Hall–Kier alpha value is -3.01. The lowest BCUT2D eigenvalue weighted by atomic mass is 10.0. The van der Waals surface area contributed by atoms with Crippen molar-refractivity contribution in [3.05, 3.63) is 40.3 Å². The fourth-order valence-corrected chi connectivity index (χ4v) is 2.82. The molecule has 0 spiro atoms. The van der Waals surface area contributed by atoms with E-state index in [2.05, 4.69) is 26.4 Å². The smallest absolute Gasteiger partial charge is 0.226 e. The molecule has 3 aromatic heterocycles. The van der Waals surface area contributed by atoms with Gasteiger partial charge in [0.05, 0.1) is 5.69 Å². The van der Waals surface area contributed by atoms with Crippen LogP contribution < -0.4 is 5.73 Å². The summed E-state index contributed by atoms with van der Waals surface area (Å²) >= 11 is 0. The summed E-state index contributed by atoms with van der Waals surface area (Å²) in [5, 5.41) is 16.8. The van der Waals surface area contributed by atoms with E-state index in [0.29, 0.717) is 34.9 Å². The topological polar surface area (TPSA) is 115 Å². The van der Waals surface area contributed by atoms with Crippen molar-refractivity contribution in [1.82, 2.24) is 20.3 Å². The van der Waals surface area contributed by atoms with Crippen LogP contribution in [0, 0.1) is 18.3 Å². The molecule has 0 unspecified atom stereocenters. The first-order chi connectivity index (χ1) is 11.2. The minimum absolute atomic E-state index is 0.401. The van der Waals surface area contributed by atoms with E-state index in [9.17, 15) is 5.26 Å². The van der Waals surface area contributed by atoms with Crippen LogP contribution >= 0.6 is 0 Å². The van der Waals surface area contributed by atoms with Crippen LogP contribution in [0.1, 0.15) is 47.0 Å². The average Bonchev–Trinajstić information content (AvgIpc) is 3.29. The zero-order valence-corrected chi connectivity index (χ0v) is 12.6. The number of pyridine rings is 2. The Labute approximate surface area is 132 Å². The fraction of sp³-hybridized carbons (Fsp3) is 0.312. The number of nitrogens with zero attached hydrogens (tertiary/aromatic N) is 5. The number of rotatable bonds is 3. The molecule has 0 saturated heterocycles. The number of nitrogen functional groups attached to an aromatic ring is 1. The zero-order chi connectivity index (χ0) is 16.0. The quantitative estimate of drug-likeness (QED) is 0.789. The van der Waals surface area contributed by atoms with Crippen LogP contribution in [0.5, 0.6) is 0 Å². The van der Waals surface area contributed by atoms with Crippen molar-refractivity contribution in [3.8, 4) is 6.07 Å².